The van der Waals surface area contributed by atoms with Crippen molar-refractivity contribution in [2.45, 2.75) is 45.5 Å². The molecular formula is C16H25N3OSi. The lowest BCUT2D eigenvalue weighted by atomic mass is 10.2. The van der Waals surface area contributed by atoms with Gasteiger partial charge in [0.25, 0.3) is 0 Å². The Labute approximate surface area is 128 Å². The summed E-state index contributed by atoms with van der Waals surface area (Å²) in [6.45, 7) is 11.7. The SMILES string of the molecule is CC(C)(C)[Si](C)(C)OCc1cc(N)n(-c2ccccc2)n1. The summed E-state index contributed by atoms with van der Waals surface area (Å²) in [6.07, 6.45) is 0. The van der Waals surface area contributed by atoms with Crippen LogP contribution in [0.1, 0.15) is 26.5 Å². The average Bonchev–Trinajstić information content (AvgIpc) is 2.78. The molecule has 2 N–H and O–H groups in total. The smallest absolute Gasteiger partial charge is 0.192 e. The van der Waals surface area contributed by atoms with Gasteiger partial charge >= 0.3 is 0 Å². The van der Waals surface area contributed by atoms with Crippen molar-refractivity contribution in [2.24, 2.45) is 0 Å². The molecule has 1 aromatic heterocycles. The second-order valence-electron chi connectivity index (χ2n) is 6.86. The van der Waals surface area contributed by atoms with Gasteiger partial charge in [-0.3, -0.25) is 0 Å². The Kier molecular flexibility index (Phi) is 4.25. The first-order valence-electron chi connectivity index (χ1n) is 7.24. The fourth-order valence-corrected chi connectivity index (χ4v) is 2.71. The number of hydrogen-bond donors (Lipinski definition) is 1. The first-order valence-corrected chi connectivity index (χ1v) is 10.2. The largest absolute Gasteiger partial charge is 0.411 e. The quantitative estimate of drug-likeness (QED) is 0.869. The van der Waals surface area contributed by atoms with Crippen LogP contribution in [-0.4, -0.2) is 18.1 Å². The van der Waals surface area contributed by atoms with Crippen molar-refractivity contribution in [1.29, 1.82) is 0 Å². The number of aromatic nitrogens is 2. The van der Waals surface area contributed by atoms with E-state index in [0.717, 1.165) is 11.4 Å². The summed E-state index contributed by atoms with van der Waals surface area (Å²) in [7, 11) is -1.77. The van der Waals surface area contributed by atoms with Gasteiger partial charge in [0, 0.05) is 6.07 Å². The molecule has 21 heavy (non-hydrogen) atoms. The highest BCUT2D eigenvalue weighted by atomic mass is 28.4. The van der Waals surface area contributed by atoms with Gasteiger partial charge in [-0.1, -0.05) is 39.0 Å². The predicted molar refractivity (Wildman–Crippen MR) is 90.0 cm³/mol. The highest BCUT2D eigenvalue weighted by Crippen LogP contribution is 2.37. The number of nitrogen functional groups attached to an aromatic ring is 1. The molecule has 2 aromatic rings. The minimum atomic E-state index is -1.77. The number of nitrogens with two attached hydrogens (primary N) is 1. The van der Waals surface area contributed by atoms with Gasteiger partial charge in [-0.15, -0.1) is 0 Å². The summed E-state index contributed by atoms with van der Waals surface area (Å²) in [6, 6.07) is 11.8. The van der Waals surface area contributed by atoms with Gasteiger partial charge in [0.2, 0.25) is 0 Å². The predicted octanol–water partition coefficient (Wildman–Crippen LogP) is 3.98. The van der Waals surface area contributed by atoms with Crippen molar-refractivity contribution in [1.82, 2.24) is 9.78 Å². The summed E-state index contributed by atoms with van der Waals surface area (Å²) >= 11 is 0. The molecule has 0 aliphatic rings. The van der Waals surface area contributed by atoms with E-state index in [1.165, 1.54) is 0 Å². The molecule has 0 saturated carbocycles. The van der Waals surface area contributed by atoms with Crippen LogP contribution in [0.15, 0.2) is 36.4 Å². The molecule has 2 rings (SSSR count). The first kappa shape index (κ1) is 15.8. The van der Waals surface area contributed by atoms with Crippen LogP contribution < -0.4 is 5.73 Å². The van der Waals surface area contributed by atoms with Gasteiger partial charge in [-0.2, -0.15) is 5.10 Å². The Morgan fingerprint density at radius 1 is 1.19 bits per heavy atom. The molecule has 0 radical (unpaired) electrons. The molecule has 0 fully saturated rings. The highest BCUT2D eigenvalue weighted by molar-refractivity contribution is 6.74. The second-order valence-corrected chi connectivity index (χ2v) is 11.7. The zero-order valence-corrected chi connectivity index (χ0v) is 14.6. The van der Waals surface area contributed by atoms with Crippen molar-refractivity contribution in [3.8, 4) is 5.69 Å². The number of rotatable bonds is 4. The first-order chi connectivity index (χ1) is 9.71. The summed E-state index contributed by atoms with van der Waals surface area (Å²) < 4.78 is 7.95. The van der Waals surface area contributed by atoms with Crippen molar-refractivity contribution < 1.29 is 4.43 Å². The van der Waals surface area contributed by atoms with Gasteiger partial charge in [-0.05, 0) is 30.3 Å². The lowest BCUT2D eigenvalue weighted by Gasteiger charge is -2.35. The molecule has 1 aromatic carbocycles. The van der Waals surface area contributed by atoms with Crippen LogP contribution in [0.3, 0.4) is 0 Å². The summed E-state index contributed by atoms with van der Waals surface area (Å²) in [5.74, 6) is 0.634. The van der Waals surface area contributed by atoms with E-state index < -0.39 is 8.32 Å². The Bertz CT molecular complexity index is 600. The topological polar surface area (TPSA) is 53.1 Å². The zero-order valence-electron chi connectivity index (χ0n) is 13.6. The molecular weight excluding hydrogens is 278 g/mol. The van der Waals surface area contributed by atoms with Crippen molar-refractivity contribution in [2.75, 3.05) is 5.73 Å². The molecule has 0 spiro atoms. The summed E-state index contributed by atoms with van der Waals surface area (Å²) in [4.78, 5) is 0. The summed E-state index contributed by atoms with van der Waals surface area (Å²) in [5.41, 5.74) is 7.90. The van der Waals surface area contributed by atoms with Gasteiger partial charge in [0.05, 0.1) is 18.0 Å². The Balaban J connectivity index is 2.14. The molecule has 5 heteroatoms. The molecule has 4 nitrogen and oxygen atoms in total. The molecule has 0 amide bonds. The van der Waals surface area contributed by atoms with Crippen molar-refractivity contribution in [3.63, 3.8) is 0 Å². The third-order valence-corrected chi connectivity index (χ3v) is 8.65. The summed E-state index contributed by atoms with van der Waals surface area (Å²) in [5, 5.41) is 4.75. The Hall–Kier alpha value is -1.59. The molecule has 114 valence electrons. The van der Waals surface area contributed by atoms with Crippen LogP contribution in [0.5, 0.6) is 0 Å². The standard InChI is InChI=1S/C16H25N3OSi/c1-16(2,3)21(4,5)20-12-13-11-15(17)19(18-13)14-9-7-6-8-10-14/h6-11H,12,17H2,1-5H3. The van der Waals surface area contributed by atoms with Gasteiger partial charge in [0.1, 0.15) is 5.82 Å². The maximum Gasteiger partial charge on any atom is 0.192 e. The van der Waals surface area contributed by atoms with E-state index in [1.807, 2.05) is 36.4 Å². The van der Waals surface area contributed by atoms with Crippen LogP contribution in [0.25, 0.3) is 5.69 Å². The molecule has 0 aliphatic carbocycles. The van der Waals surface area contributed by atoms with E-state index in [2.05, 4.69) is 39.0 Å². The molecule has 0 saturated heterocycles. The van der Waals surface area contributed by atoms with E-state index in [4.69, 9.17) is 10.2 Å². The Morgan fingerprint density at radius 3 is 2.38 bits per heavy atom. The van der Waals surface area contributed by atoms with Crippen molar-refractivity contribution in [3.05, 3.63) is 42.1 Å². The van der Waals surface area contributed by atoms with Crippen LogP contribution in [-0.2, 0) is 11.0 Å². The lowest BCUT2D eigenvalue weighted by Crippen LogP contribution is -2.40. The Morgan fingerprint density at radius 2 is 1.81 bits per heavy atom. The number of benzene rings is 1. The number of nitrogens with zero attached hydrogens (tertiary/aromatic N) is 2. The monoisotopic (exact) mass is 303 g/mol. The van der Waals surface area contributed by atoms with Crippen LogP contribution in [0.2, 0.25) is 18.1 Å². The van der Waals surface area contributed by atoms with Crippen LogP contribution in [0, 0.1) is 0 Å². The fraction of sp³-hybridized carbons (Fsp3) is 0.438. The average molecular weight is 303 g/mol. The van der Waals surface area contributed by atoms with Crippen LogP contribution >= 0.6 is 0 Å². The van der Waals surface area contributed by atoms with E-state index in [9.17, 15) is 0 Å². The molecule has 0 unspecified atom stereocenters. The third-order valence-electron chi connectivity index (χ3n) is 4.18. The van der Waals surface area contributed by atoms with E-state index >= 15 is 0 Å². The number of hydrogen-bond acceptors (Lipinski definition) is 3. The number of anilines is 1. The normalized spacial score (nSPS) is 12.6. The third kappa shape index (κ3) is 3.54. The lowest BCUT2D eigenvalue weighted by molar-refractivity contribution is 0.271. The minimum Gasteiger partial charge on any atom is -0.411 e. The molecule has 1 heterocycles. The maximum absolute atomic E-state index is 6.19. The van der Waals surface area contributed by atoms with Crippen LogP contribution in [0.4, 0.5) is 5.82 Å². The second kappa shape index (κ2) is 5.65. The highest BCUT2D eigenvalue weighted by Gasteiger charge is 2.37. The van der Waals surface area contributed by atoms with E-state index in [-0.39, 0.29) is 5.04 Å². The minimum absolute atomic E-state index is 0.195. The van der Waals surface area contributed by atoms with Crippen molar-refractivity contribution >= 4 is 14.1 Å². The van der Waals surface area contributed by atoms with Gasteiger partial charge in [-0.25, -0.2) is 4.68 Å². The molecule has 0 atom stereocenters. The zero-order chi connectivity index (χ0) is 15.7. The van der Waals surface area contributed by atoms with Gasteiger partial charge in [0.15, 0.2) is 8.32 Å². The molecule has 0 bridgehead atoms. The van der Waals surface area contributed by atoms with E-state index in [0.29, 0.717) is 12.4 Å². The maximum atomic E-state index is 6.19. The fourth-order valence-electron chi connectivity index (χ4n) is 1.76. The van der Waals surface area contributed by atoms with Gasteiger partial charge < -0.3 is 10.2 Å². The number of para-hydroxylation sites is 1. The van der Waals surface area contributed by atoms with E-state index in [1.54, 1.807) is 4.68 Å². The molecule has 0 aliphatic heterocycles.